The van der Waals surface area contributed by atoms with Crippen molar-refractivity contribution >= 4 is 23.3 Å². The molecule has 1 aromatic heterocycles. The van der Waals surface area contributed by atoms with E-state index in [2.05, 4.69) is 15.7 Å². The molecule has 0 aliphatic heterocycles. The lowest BCUT2D eigenvalue weighted by Gasteiger charge is -2.08. The number of carbonyl (C=O) groups excluding carboxylic acids is 2. The molecule has 0 aliphatic rings. The van der Waals surface area contributed by atoms with Crippen molar-refractivity contribution in [2.45, 2.75) is 0 Å². The van der Waals surface area contributed by atoms with Gasteiger partial charge in [0.15, 0.2) is 18.1 Å². The topological polar surface area (TPSA) is 131 Å². The van der Waals surface area contributed by atoms with Gasteiger partial charge >= 0.3 is 5.56 Å². The molecule has 0 radical (unpaired) electrons. The van der Waals surface area contributed by atoms with Gasteiger partial charge in [-0.05, 0) is 24.3 Å². The van der Waals surface area contributed by atoms with E-state index in [1.54, 1.807) is 54.6 Å². The monoisotopic (exact) mass is 367 g/mol. The predicted molar refractivity (Wildman–Crippen MR) is 100 cm³/mol. The first-order valence-corrected chi connectivity index (χ1v) is 7.99. The molecule has 27 heavy (non-hydrogen) atoms. The van der Waals surface area contributed by atoms with Crippen LogP contribution >= 0.6 is 0 Å². The number of nitrogens with two attached hydrogens (primary N) is 1. The molecule has 0 spiro atoms. The maximum absolute atomic E-state index is 12.3. The Morgan fingerprint density at radius 3 is 2.30 bits per heavy atom. The third-order valence-electron chi connectivity index (χ3n) is 3.57. The number of aromatic amines is 1. The lowest BCUT2D eigenvalue weighted by Crippen LogP contribution is -2.28. The van der Waals surface area contributed by atoms with Gasteiger partial charge in [-0.1, -0.05) is 36.4 Å². The van der Waals surface area contributed by atoms with Crippen LogP contribution in [0.15, 0.2) is 65.5 Å². The minimum Gasteiger partial charge on any atom is -0.484 e. The number of aromatic nitrogens is 2. The van der Waals surface area contributed by atoms with Crippen LogP contribution in [-0.2, 0) is 4.79 Å². The molecule has 1 heterocycles. The Labute approximate surface area is 153 Å². The number of benzene rings is 2. The molecule has 0 fully saturated rings. The lowest BCUT2D eigenvalue weighted by molar-refractivity contribution is -0.118. The molecular weight excluding hydrogens is 350 g/mol. The molecule has 2 aromatic carbocycles. The SMILES string of the molecule is Nn1[nH]c(NC(=O)c2ccccc2)c(NC(=O)COc2ccccc2)c1=O. The zero-order chi connectivity index (χ0) is 19.2. The molecular formula is C18H17N5O4. The fraction of sp³-hybridized carbons (Fsp3) is 0.0556. The quantitative estimate of drug-likeness (QED) is 0.486. The van der Waals surface area contributed by atoms with Crippen molar-refractivity contribution in [3.05, 3.63) is 76.6 Å². The van der Waals surface area contributed by atoms with Crippen LogP contribution in [0.5, 0.6) is 5.75 Å². The van der Waals surface area contributed by atoms with E-state index in [1.807, 2.05) is 6.07 Å². The van der Waals surface area contributed by atoms with Gasteiger partial charge in [0.1, 0.15) is 5.75 Å². The van der Waals surface area contributed by atoms with Crippen LogP contribution in [0.4, 0.5) is 11.5 Å². The Hall–Kier alpha value is -4.01. The van der Waals surface area contributed by atoms with Crippen LogP contribution < -0.4 is 26.8 Å². The van der Waals surface area contributed by atoms with Crippen molar-refractivity contribution in [3.8, 4) is 5.75 Å². The number of para-hydroxylation sites is 1. The van der Waals surface area contributed by atoms with Crippen LogP contribution in [0, 0.1) is 0 Å². The Bertz CT molecular complexity index is 996. The zero-order valence-corrected chi connectivity index (χ0v) is 14.1. The molecule has 3 rings (SSSR count). The second kappa shape index (κ2) is 7.91. The lowest BCUT2D eigenvalue weighted by atomic mass is 10.2. The Morgan fingerprint density at radius 1 is 1.00 bits per heavy atom. The van der Waals surface area contributed by atoms with Crippen molar-refractivity contribution in [2.24, 2.45) is 0 Å². The second-order valence-corrected chi connectivity index (χ2v) is 5.51. The van der Waals surface area contributed by atoms with E-state index in [9.17, 15) is 14.4 Å². The van der Waals surface area contributed by atoms with E-state index in [4.69, 9.17) is 10.6 Å². The molecule has 9 nitrogen and oxygen atoms in total. The minimum atomic E-state index is -0.702. The number of anilines is 2. The van der Waals surface area contributed by atoms with Crippen molar-refractivity contribution in [2.75, 3.05) is 23.1 Å². The molecule has 0 unspecified atom stereocenters. The number of nitrogen functional groups attached to an aromatic ring is 1. The Balaban J connectivity index is 1.70. The number of carbonyl (C=O) groups is 2. The predicted octanol–water partition coefficient (Wildman–Crippen LogP) is 1.16. The summed E-state index contributed by atoms with van der Waals surface area (Å²) in [7, 11) is 0. The molecule has 5 N–H and O–H groups in total. The number of nitrogens with zero attached hydrogens (tertiary/aromatic N) is 1. The summed E-state index contributed by atoms with van der Waals surface area (Å²) in [5.74, 6) is 4.96. The number of hydrogen-bond donors (Lipinski definition) is 4. The molecule has 0 bridgehead atoms. The largest absolute Gasteiger partial charge is 0.484 e. The standard InChI is InChI=1S/C18H17N5O4/c19-23-18(26)15(20-14(24)11-27-13-9-5-2-6-10-13)16(22-23)21-17(25)12-7-3-1-4-8-12/h1-10,22H,11,19H2,(H,20,24)(H,21,25). The molecule has 0 saturated carbocycles. The summed E-state index contributed by atoms with van der Waals surface area (Å²) in [5, 5.41) is 7.41. The normalized spacial score (nSPS) is 10.2. The van der Waals surface area contributed by atoms with Crippen molar-refractivity contribution in [3.63, 3.8) is 0 Å². The van der Waals surface area contributed by atoms with Gasteiger partial charge < -0.3 is 21.2 Å². The van der Waals surface area contributed by atoms with Crippen LogP contribution in [0.2, 0.25) is 0 Å². The summed E-state index contributed by atoms with van der Waals surface area (Å²) < 4.78 is 5.33. The number of nitrogens with one attached hydrogen (secondary N) is 3. The van der Waals surface area contributed by atoms with Gasteiger partial charge in [0.2, 0.25) is 0 Å². The number of ether oxygens (including phenoxy) is 1. The van der Waals surface area contributed by atoms with Gasteiger partial charge in [-0.3, -0.25) is 19.5 Å². The van der Waals surface area contributed by atoms with Gasteiger partial charge in [0.25, 0.3) is 11.8 Å². The van der Waals surface area contributed by atoms with Crippen molar-refractivity contribution < 1.29 is 14.3 Å². The van der Waals surface area contributed by atoms with Gasteiger partial charge in [-0.25, -0.2) is 0 Å². The average Bonchev–Trinajstić information content (AvgIpc) is 2.95. The Kier molecular flexibility index (Phi) is 5.22. The molecule has 138 valence electrons. The summed E-state index contributed by atoms with van der Waals surface area (Å²) in [4.78, 5) is 37.1. The van der Waals surface area contributed by atoms with Crippen LogP contribution in [0.25, 0.3) is 0 Å². The van der Waals surface area contributed by atoms with E-state index in [0.717, 1.165) is 0 Å². The van der Waals surface area contributed by atoms with Crippen molar-refractivity contribution in [1.29, 1.82) is 0 Å². The van der Waals surface area contributed by atoms with Crippen LogP contribution in [0.3, 0.4) is 0 Å². The van der Waals surface area contributed by atoms with Gasteiger partial charge in [-0.15, -0.1) is 0 Å². The highest BCUT2D eigenvalue weighted by Crippen LogP contribution is 2.15. The number of rotatable bonds is 6. The minimum absolute atomic E-state index is 0.0237. The Morgan fingerprint density at radius 2 is 1.63 bits per heavy atom. The third kappa shape index (κ3) is 4.34. The van der Waals surface area contributed by atoms with E-state index in [1.165, 1.54) is 0 Å². The van der Waals surface area contributed by atoms with E-state index in [-0.39, 0.29) is 18.1 Å². The number of H-pyrrole nitrogens is 1. The summed E-state index contributed by atoms with van der Waals surface area (Å²) >= 11 is 0. The molecule has 9 heteroatoms. The fourth-order valence-electron chi connectivity index (χ4n) is 2.28. The highest BCUT2D eigenvalue weighted by atomic mass is 16.5. The van der Waals surface area contributed by atoms with Gasteiger partial charge in [0, 0.05) is 5.56 Å². The van der Waals surface area contributed by atoms with E-state index >= 15 is 0 Å². The number of amides is 2. The first-order chi connectivity index (χ1) is 13.0. The molecule has 0 aliphatic carbocycles. The first-order valence-electron chi connectivity index (χ1n) is 7.99. The smallest absolute Gasteiger partial charge is 0.311 e. The molecule has 3 aromatic rings. The summed E-state index contributed by atoms with van der Waals surface area (Å²) in [6.07, 6.45) is 0. The highest BCUT2D eigenvalue weighted by Gasteiger charge is 2.18. The summed E-state index contributed by atoms with van der Waals surface area (Å²) in [6, 6.07) is 17.1. The van der Waals surface area contributed by atoms with E-state index < -0.39 is 17.4 Å². The van der Waals surface area contributed by atoms with Gasteiger partial charge in [-0.2, -0.15) is 4.79 Å². The first kappa shape index (κ1) is 17.8. The van der Waals surface area contributed by atoms with Crippen LogP contribution in [-0.4, -0.2) is 28.3 Å². The van der Waals surface area contributed by atoms with Crippen LogP contribution in [0.1, 0.15) is 10.4 Å². The average molecular weight is 367 g/mol. The van der Waals surface area contributed by atoms with Crippen molar-refractivity contribution in [1.82, 2.24) is 9.89 Å². The third-order valence-corrected chi connectivity index (χ3v) is 3.57. The van der Waals surface area contributed by atoms with E-state index in [0.29, 0.717) is 16.1 Å². The van der Waals surface area contributed by atoms with Gasteiger partial charge in [0.05, 0.1) is 0 Å². The number of hydrogen-bond acceptors (Lipinski definition) is 5. The summed E-state index contributed by atoms with van der Waals surface area (Å²) in [6.45, 7) is -0.314. The maximum Gasteiger partial charge on any atom is 0.311 e. The molecule has 0 atom stereocenters. The zero-order valence-electron chi connectivity index (χ0n) is 14.1. The fourth-order valence-corrected chi connectivity index (χ4v) is 2.28. The second-order valence-electron chi connectivity index (χ2n) is 5.51. The highest BCUT2D eigenvalue weighted by molar-refractivity contribution is 6.06. The molecule has 0 saturated heterocycles. The maximum atomic E-state index is 12.3. The molecule has 2 amide bonds. The summed E-state index contributed by atoms with van der Waals surface area (Å²) in [5.41, 5.74) is -0.498.